The summed E-state index contributed by atoms with van der Waals surface area (Å²) >= 11 is 0. The highest BCUT2D eigenvalue weighted by atomic mass is 19.1. The first kappa shape index (κ1) is 25.9. The van der Waals surface area contributed by atoms with Crippen molar-refractivity contribution in [3.8, 4) is 0 Å². The average molecular weight is 532 g/mol. The lowest BCUT2D eigenvalue weighted by atomic mass is 10.1. The lowest BCUT2D eigenvalue weighted by Crippen LogP contribution is -2.40. The number of amides is 3. The van der Waals surface area contributed by atoms with E-state index in [2.05, 4.69) is 25.7 Å². The molecule has 39 heavy (non-hydrogen) atoms. The molecule has 0 unspecified atom stereocenters. The fraction of sp³-hybridized carbons (Fsp3) is 0.259. The largest absolute Gasteiger partial charge is 0.378 e. The van der Waals surface area contributed by atoms with Gasteiger partial charge in [-0.2, -0.15) is 14.6 Å². The molecule has 0 radical (unpaired) electrons. The quantitative estimate of drug-likeness (QED) is 0.373. The standard InChI is InChI=1S/C27H26FN7O4/c1-17-12-19(4-7-21(17)28)15-29-24(36)22-13-23(35-27(33-22)31-16-32-35)25(37)30-14-18-2-5-20(6-3-18)26(38)34-8-10-39-11-9-34/h2-7,12-13,16H,8-11,14-15H2,1H3,(H,29,36)(H,30,37). The van der Waals surface area contributed by atoms with Crippen LogP contribution in [0.25, 0.3) is 5.78 Å². The molecule has 2 aromatic carbocycles. The van der Waals surface area contributed by atoms with Gasteiger partial charge < -0.3 is 20.3 Å². The van der Waals surface area contributed by atoms with E-state index in [0.29, 0.717) is 37.4 Å². The second-order valence-corrected chi connectivity index (χ2v) is 9.05. The van der Waals surface area contributed by atoms with Crippen molar-refractivity contribution < 1.29 is 23.5 Å². The van der Waals surface area contributed by atoms with Crippen LogP contribution >= 0.6 is 0 Å². The molecule has 1 aliphatic rings. The zero-order chi connectivity index (χ0) is 27.4. The molecule has 2 N–H and O–H groups in total. The normalized spacial score (nSPS) is 13.3. The van der Waals surface area contributed by atoms with E-state index in [9.17, 15) is 18.8 Å². The highest BCUT2D eigenvalue weighted by Crippen LogP contribution is 2.12. The number of carbonyl (C=O) groups is 3. The van der Waals surface area contributed by atoms with Gasteiger partial charge in [0.15, 0.2) is 0 Å². The predicted molar refractivity (Wildman–Crippen MR) is 137 cm³/mol. The van der Waals surface area contributed by atoms with E-state index < -0.39 is 11.8 Å². The molecular formula is C27H26FN7O4. The van der Waals surface area contributed by atoms with Crippen LogP contribution in [0, 0.1) is 12.7 Å². The molecule has 0 aliphatic carbocycles. The van der Waals surface area contributed by atoms with Crippen molar-refractivity contribution in [3.63, 3.8) is 0 Å². The van der Waals surface area contributed by atoms with Gasteiger partial charge in [-0.05, 0) is 41.8 Å². The third-order valence-electron chi connectivity index (χ3n) is 6.34. The van der Waals surface area contributed by atoms with Gasteiger partial charge in [0.2, 0.25) is 0 Å². The van der Waals surface area contributed by atoms with Gasteiger partial charge in [-0.3, -0.25) is 14.4 Å². The summed E-state index contributed by atoms with van der Waals surface area (Å²) in [7, 11) is 0. The maximum absolute atomic E-state index is 13.5. The van der Waals surface area contributed by atoms with Crippen molar-refractivity contribution in [3.05, 3.63) is 94.3 Å². The Balaban J connectivity index is 1.25. The number of morpholine rings is 1. The molecule has 0 atom stereocenters. The van der Waals surface area contributed by atoms with Crippen molar-refractivity contribution in [1.29, 1.82) is 0 Å². The van der Waals surface area contributed by atoms with E-state index in [1.54, 1.807) is 48.2 Å². The van der Waals surface area contributed by atoms with Gasteiger partial charge in [-0.25, -0.2) is 9.37 Å². The smallest absolute Gasteiger partial charge is 0.270 e. The topological polar surface area (TPSA) is 131 Å². The van der Waals surface area contributed by atoms with Crippen LogP contribution in [-0.2, 0) is 17.8 Å². The van der Waals surface area contributed by atoms with Crippen LogP contribution in [0.2, 0.25) is 0 Å². The van der Waals surface area contributed by atoms with Gasteiger partial charge >= 0.3 is 0 Å². The number of aromatic nitrogens is 4. The molecule has 3 amide bonds. The van der Waals surface area contributed by atoms with Crippen LogP contribution in [0.15, 0.2) is 54.9 Å². The van der Waals surface area contributed by atoms with Gasteiger partial charge in [-0.1, -0.05) is 24.3 Å². The molecule has 12 heteroatoms. The summed E-state index contributed by atoms with van der Waals surface area (Å²) < 4.78 is 20.1. The maximum atomic E-state index is 13.5. The minimum absolute atomic E-state index is 0.00883. The number of halogens is 1. The lowest BCUT2D eigenvalue weighted by molar-refractivity contribution is 0.0303. The zero-order valence-corrected chi connectivity index (χ0v) is 21.2. The Bertz CT molecular complexity index is 1530. The Labute approximate surface area is 223 Å². The molecule has 11 nitrogen and oxygen atoms in total. The molecule has 1 aliphatic heterocycles. The summed E-state index contributed by atoms with van der Waals surface area (Å²) in [6.07, 6.45) is 1.24. The summed E-state index contributed by atoms with van der Waals surface area (Å²) in [5.41, 5.74) is 2.63. The molecule has 0 spiro atoms. The number of carbonyl (C=O) groups excluding carboxylic acids is 3. The number of aryl methyl sites for hydroxylation is 1. The van der Waals surface area contributed by atoms with Crippen LogP contribution < -0.4 is 10.6 Å². The minimum Gasteiger partial charge on any atom is -0.378 e. The van der Waals surface area contributed by atoms with Crippen molar-refractivity contribution in [2.45, 2.75) is 20.0 Å². The Morgan fingerprint density at radius 3 is 2.38 bits per heavy atom. The Kier molecular flexibility index (Phi) is 7.55. The van der Waals surface area contributed by atoms with Gasteiger partial charge in [-0.15, -0.1) is 0 Å². The van der Waals surface area contributed by atoms with Crippen molar-refractivity contribution in [2.24, 2.45) is 0 Å². The van der Waals surface area contributed by atoms with E-state index >= 15 is 0 Å². The molecule has 4 aromatic rings. The highest BCUT2D eigenvalue weighted by molar-refractivity contribution is 5.98. The van der Waals surface area contributed by atoms with Crippen LogP contribution in [0.5, 0.6) is 0 Å². The first-order valence-corrected chi connectivity index (χ1v) is 12.4. The predicted octanol–water partition coefficient (Wildman–Crippen LogP) is 1.90. The molecule has 1 fully saturated rings. The summed E-state index contributed by atoms with van der Waals surface area (Å²) in [5, 5.41) is 9.59. The first-order chi connectivity index (χ1) is 18.9. The van der Waals surface area contributed by atoms with Crippen LogP contribution in [-0.4, -0.2) is 68.5 Å². The molecule has 2 aromatic heterocycles. The fourth-order valence-electron chi connectivity index (χ4n) is 4.17. The highest BCUT2D eigenvalue weighted by Gasteiger charge is 2.20. The summed E-state index contributed by atoms with van der Waals surface area (Å²) in [4.78, 5) is 48.5. The number of rotatable bonds is 7. The second kappa shape index (κ2) is 11.4. The Hall–Kier alpha value is -4.71. The Morgan fingerprint density at radius 1 is 0.949 bits per heavy atom. The minimum atomic E-state index is -0.517. The molecular weight excluding hydrogens is 505 g/mol. The third kappa shape index (κ3) is 5.91. The summed E-state index contributed by atoms with van der Waals surface area (Å²) in [6.45, 7) is 4.17. The average Bonchev–Trinajstić information content (AvgIpc) is 3.45. The van der Waals surface area contributed by atoms with Crippen molar-refractivity contribution >= 4 is 23.5 Å². The van der Waals surface area contributed by atoms with E-state index in [1.807, 2.05) is 0 Å². The maximum Gasteiger partial charge on any atom is 0.270 e. The van der Waals surface area contributed by atoms with E-state index in [-0.39, 0.29) is 42.0 Å². The third-order valence-corrected chi connectivity index (χ3v) is 6.34. The van der Waals surface area contributed by atoms with Crippen molar-refractivity contribution in [2.75, 3.05) is 26.3 Å². The SMILES string of the molecule is Cc1cc(CNC(=O)c2cc(C(=O)NCc3ccc(C(=O)N4CCOCC4)cc3)n3ncnc3n2)ccc1F. The van der Waals surface area contributed by atoms with Crippen LogP contribution in [0.3, 0.4) is 0 Å². The molecule has 0 bridgehead atoms. The number of hydrogen-bond acceptors (Lipinski definition) is 7. The van der Waals surface area contributed by atoms with Gasteiger partial charge in [0.05, 0.1) is 13.2 Å². The zero-order valence-electron chi connectivity index (χ0n) is 21.2. The number of ether oxygens (including phenoxy) is 1. The molecule has 5 rings (SSSR count). The van der Waals surface area contributed by atoms with E-state index in [0.717, 1.165) is 11.1 Å². The molecule has 1 saturated heterocycles. The number of fused-ring (bicyclic) bond motifs is 1. The van der Waals surface area contributed by atoms with E-state index in [1.165, 1.54) is 23.0 Å². The number of nitrogens with one attached hydrogen (secondary N) is 2. The lowest BCUT2D eigenvalue weighted by Gasteiger charge is -2.26. The second-order valence-electron chi connectivity index (χ2n) is 9.05. The number of benzene rings is 2. The molecule has 3 heterocycles. The molecule has 0 saturated carbocycles. The van der Waals surface area contributed by atoms with E-state index in [4.69, 9.17) is 4.74 Å². The van der Waals surface area contributed by atoms with Gasteiger partial charge in [0.1, 0.15) is 23.5 Å². The van der Waals surface area contributed by atoms with Gasteiger partial charge in [0, 0.05) is 37.8 Å². The molecule has 200 valence electrons. The van der Waals surface area contributed by atoms with Crippen LogP contribution in [0.4, 0.5) is 4.39 Å². The van der Waals surface area contributed by atoms with Crippen LogP contribution in [0.1, 0.15) is 48.0 Å². The Morgan fingerprint density at radius 2 is 1.64 bits per heavy atom. The fourth-order valence-corrected chi connectivity index (χ4v) is 4.17. The summed E-state index contributed by atoms with van der Waals surface area (Å²) in [6, 6.07) is 12.9. The first-order valence-electron chi connectivity index (χ1n) is 12.4. The summed E-state index contributed by atoms with van der Waals surface area (Å²) in [5.74, 6) is -1.28. The van der Waals surface area contributed by atoms with Crippen molar-refractivity contribution in [1.82, 2.24) is 35.1 Å². The van der Waals surface area contributed by atoms with Gasteiger partial charge in [0.25, 0.3) is 23.5 Å². The number of hydrogen-bond donors (Lipinski definition) is 2. The monoisotopic (exact) mass is 531 g/mol. The number of nitrogens with zero attached hydrogens (tertiary/aromatic N) is 5.